The molecule has 0 atom stereocenters. The summed E-state index contributed by atoms with van der Waals surface area (Å²) in [4.78, 5) is 29.1. The molecule has 2 heterocycles. The summed E-state index contributed by atoms with van der Waals surface area (Å²) in [6.07, 6.45) is -3.15. The number of hydrogen-bond acceptors (Lipinski definition) is 5. The lowest BCUT2D eigenvalue weighted by atomic mass is 10.2. The molecule has 0 saturated heterocycles. The molecule has 10 heteroatoms. The van der Waals surface area contributed by atoms with E-state index in [1.54, 1.807) is 0 Å². The lowest BCUT2D eigenvalue weighted by Gasteiger charge is -2.11. The fraction of sp³-hybridized carbons (Fsp3) is 0.211. The van der Waals surface area contributed by atoms with Crippen molar-refractivity contribution in [2.24, 2.45) is 0 Å². The SMILES string of the molecule is O=C(Cn1cnc(-c2cccs2)cc1=O)NCCOc1cccc(C(F)(F)F)c1. The number of amides is 1. The third-order valence-electron chi connectivity index (χ3n) is 3.82. The maximum absolute atomic E-state index is 12.7. The summed E-state index contributed by atoms with van der Waals surface area (Å²) in [5.41, 5.74) is -0.633. The first-order valence-corrected chi connectivity index (χ1v) is 9.38. The molecule has 29 heavy (non-hydrogen) atoms. The summed E-state index contributed by atoms with van der Waals surface area (Å²) in [5, 5.41) is 4.42. The third kappa shape index (κ3) is 5.67. The summed E-state index contributed by atoms with van der Waals surface area (Å²) in [5.74, 6) is -0.385. The Bertz CT molecular complexity index is 1030. The Labute approximate surface area is 167 Å². The zero-order valence-corrected chi connectivity index (χ0v) is 15.8. The molecule has 0 aliphatic carbocycles. The second-order valence-corrected chi connectivity index (χ2v) is 6.89. The molecule has 0 saturated carbocycles. The highest BCUT2D eigenvalue weighted by molar-refractivity contribution is 7.13. The smallest absolute Gasteiger partial charge is 0.416 e. The van der Waals surface area contributed by atoms with Crippen molar-refractivity contribution in [1.29, 1.82) is 0 Å². The summed E-state index contributed by atoms with van der Waals surface area (Å²) >= 11 is 1.45. The third-order valence-corrected chi connectivity index (χ3v) is 4.71. The molecule has 0 spiro atoms. The molecule has 3 aromatic rings. The molecule has 1 aromatic carbocycles. The molecule has 3 rings (SSSR count). The minimum atomic E-state index is -4.45. The first kappa shape index (κ1) is 20.6. The number of carbonyl (C=O) groups is 1. The van der Waals surface area contributed by atoms with Crippen LogP contribution in [0.5, 0.6) is 5.75 Å². The van der Waals surface area contributed by atoms with E-state index in [4.69, 9.17) is 4.74 Å². The number of hydrogen-bond donors (Lipinski definition) is 1. The van der Waals surface area contributed by atoms with Crippen molar-refractivity contribution in [3.05, 3.63) is 70.1 Å². The van der Waals surface area contributed by atoms with Crippen molar-refractivity contribution in [1.82, 2.24) is 14.9 Å². The highest BCUT2D eigenvalue weighted by Gasteiger charge is 2.30. The predicted molar refractivity (Wildman–Crippen MR) is 102 cm³/mol. The van der Waals surface area contributed by atoms with Gasteiger partial charge in [0.1, 0.15) is 18.9 Å². The topological polar surface area (TPSA) is 73.2 Å². The zero-order valence-electron chi connectivity index (χ0n) is 15.0. The van der Waals surface area contributed by atoms with E-state index in [9.17, 15) is 22.8 Å². The minimum Gasteiger partial charge on any atom is -0.492 e. The first-order chi connectivity index (χ1) is 13.8. The summed E-state index contributed by atoms with van der Waals surface area (Å²) < 4.78 is 44.4. The maximum atomic E-state index is 12.7. The minimum absolute atomic E-state index is 0.0164. The standard InChI is InChI=1S/C19H16F3N3O3S/c20-19(21,22)13-3-1-4-14(9-13)28-7-6-23-17(26)11-25-12-24-15(10-18(25)27)16-5-2-8-29-16/h1-5,8-10,12H,6-7,11H2,(H,23,26). The number of carbonyl (C=O) groups excluding carboxylic acids is 1. The zero-order chi connectivity index (χ0) is 20.9. The number of rotatable bonds is 7. The van der Waals surface area contributed by atoms with E-state index in [2.05, 4.69) is 10.3 Å². The monoisotopic (exact) mass is 423 g/mol. The van der Waals surface area contributed by atoms with Gasteiger partial charge in [-0.25, -0.2) is 4.98 Å². The van der Waals surface area contributed by atoms with Crippen LogP contribution >= 0.6 is 11.3 Å². The predicted octanol–water partition coefficient (Wildman–Crippen LogP) is 3.19. The van der Waals surface area contributed by atoms with Crippen LogP contribution in [-0.2, 0) is 17.5 Å². The Morgan fingerprint density at radius 3 is 2.72 bits per heavy atom. The molecule has 0 aliphatic rings. The van der Waals surface area contributed by atoms with Gasteiger partial charge in [0.2, 0.25) is 5.91 Å². The molecular formula is C19H16F3N3O3S. The van der Waals surface area contributed by atoms with Gasteiger partial charge in [0.15, 0.2) is 0 Å². The van der Waals surface area contributed by atoms with Gasteiger partial charge in [-0.05, 0) is 29.6 Å². The molecule has 0 aliphatic heterocycles. The Balaban J connectivity index is 1.48. The largest absolute Gasteiger partial charge is 0.492 e. The Morgan fingerprint density at radius 2 is 2.03 bits per heavy atom. The van der Waals surface area contributed by atoms with E-state index in [0.717, 1.165) is 17.0 Å². The summed E-state index contributed by atoms with van der Waals surface area (Å²) in [6, 6.07) is 9.53. The molecule has 0 bridgehead atoms. The Hall–Kier alpha value is -3.14. The second kappa shape index (κ2) is 8.91. The molecule has 0 radical (unpaired) electrons. The molecule has 152 valence electrons. The lowest BCUT2D eigenvalue weighted by molar-refractivity contribution is -0.137. The van der Waals surface area contributed by atoms with Gasteiger partial charge in [-0.15, -0.1) is 11.3 Å². The van der Waals surface area contributed by atoms with Crippen LogP contribution < -0.4 is 15.6 Å². The number of thiophene rings is 1. The van der Waals surface area contributed by atoms with E-state index in [1.807, 2.05) is 17.5 Å². The Morgan fingerprint density at radius 1 is 1.21 bits per heavy atom. The highest BCUT2D eigenvalue weighted by Crippen LogP contribution is 2.31. The average molecular weight is 423 g/mol. The van der Waals surface area contributed by atoms with Gasteiger partial charge < -0.3 is 10.1 Å². The number of halogens is 3. The fourth-order valence-corrected chi connectivity index (χ4v) is 3.13. The Kier molecular flexibility index (Phi) is 6.32. The molecule has 0 fully saturated rings. The number of alkyl halides is 3. The molecule has 0 unspecified atom stereocenters. The highest BCUT2D eigenvalue weighted by atomic mass is 32.1. The number of benzene rings is 1. The van der Waals surface area contributed by atoms with Crippen LogP contribution in [0.15, 0.2) is 59.0 Å². The molecule has 1 N–H and O–H groups in total. The van der Waals surface area contributed by atoms with E-state index in [1.165, 1.54) is 40.4 Å². The lowest BCUT2D eigenvalue weighted by Crippen LogP contribution is -2.34. The van der Waals surface area contributed by atoms with Gasteiger partial charge in [0, 0.05) is 6.07 Å². The van der Waals surface area contributed by atoms with Gasteiger partial charge in [-0.1, -0.05) is 12.1 Å². The van der Waals surface area contributed by atoms with Crippen LogP contribution in [0.4, 0.5) is 13.2 Å². The fourth-order valence-electron chi connectivity index (χ4n) is 2.44. The number of nitrogens with zero attached hydrogens (tertiary/aromatic N) is 2. The van der Waals surface area contributed by atoms with Crippen molar-refractivity contribution in [3.63, 3.8) is 0 Å². The van der Waals surface area contributed by atoms with Crippen molar-refractivity contribution >= 4 is 17.2 Å². The number of ether oxygens (including phenoxy) is 1. The van der Waals surface area contributed by atoms with Crippen LogP contribution in [0.2, 0.25) is 0 Å². The normalized spacial score (nSPS) is 11.3. The second-order valence-electron chi connectivity index (χ2n) is 5.94. The van der Waals surface area contributed by atoms with Crippen molar-refractivity contribution in [2.45, 2.75) is 12.7 Å². The number of nitrogens with one attached hydrogen (secondary N) is 1. The van der Waals surface area contributed by atoms with E-state index < -0.39 is 17.6 Å². The van der Waals surface area contributed by atoms with Crippen LogP contribution in [0, 0.1) is 0 Å². The van der Waals surface area contributed by atoms with Gasteiger partial charge in [0.25, 0.3) is 5.56 Å². The van der Waals surface area contributed by atoms with Crippen LogP contribution in [0.1, 0.15) is 5.56 Å². The average Bonchev–Trinajstić information content (AvgIpc) is 3.21. The van der Waals surface area contributed by atoms with Gasteiger partial charge >= 0.3 is 6.18 Å². The van der Waals surface area contributed by atoms with E-state index >= 15 is 0 Å². The van der Waals surface area contributed by atoms with Crippen molar-refractivity contribution in [2.75, 3.05) is 13.2 Å². The quantitative estimate of drug-likeness (QED) is 0.593. The maximum Gasteiger partial charge on any atom is 0.416 e. The van der Waals surface area contributed by atoms with Gasteiger partial charge in [0.05, 0.1) is 29.0 Å². The van der Waals surface area contributed by atoms with Gasteiger partial charge in [-0.3, -0.25) is 14.2 Å². The molecular weight excluding hydrogens is 407 g/mol. The summed E-state index contributed by atoms with van der Waals surface area (Å²) in [7, 11) is 0. The first-order valence-electron chi connectivity index (χ1n) is 8.50. The van der Waals surface area contributed by atoms with E-state index in [-0.39, 0.29) is 31.0 Å². The van der Waals surface area contributed by atoms with Gasteiger partial charge in [-0.2, -0.15) is 13.2 Å². The van der Waals surface area contributed by atoms with Crippen LogP contribution in [0.25, 0.3) is 10.6 Å². The van der Waals surface area contributed by atoms with Crippen molar-refractivity contribution < 1.29 is 22.7 Å². The molecule has 6 nitrogen and oxygen atoms in total. The number of aromatic nitrogens is 2. The van der Waals surface area contributed by atoms with Crippen LogP contribution in [0.3, 0.4) is 0 Å². The van der Waals surface area contributed by atoms with Crippen LogP contribution in [-0.4, -0.2) is 28.6 Å². The van der Waals surface area contributed by atoms with Crippen molar-refractivity contribution in [3.8, 4) is 16.3 Å². The van der Waals surface area contributed by atoms with E-state index in [0.29, 0.717) is 5.69 Å². The molecule has 1 amide bonds. The molecule has 2 aromatic heterocycles. The summed E-state index contributed by atoms with van der Waals surface area (Å²) in [6.45, 7) is -0.165.